The molecule has 0 radical (unpaired) electrons. The summed E-state index contributed by atoms with van der Waals surface area (Å²) in [4.78, 5) is 0. The fourth-order valence-electron chi connectivity index (χ4n) is 7.23. The van der Waals surface area contributed by atoms with E-state index in [0.29, 0.717) is 34.9 Å². The molecule has 2 aliphatic rings. The minimum absolute atomic E-state index is 0.224. The Kier molecular flexibility index (Phi) is 9.85. The van der Waals surface area contributed by atoms with Gasteiger partial charge in [0.1, 0.15) is 5.82 Å². The molecule has 0 saturated heterocycles. The topological polar surface area (TPSA) is 0 Å². The second-order valence-corrected chi connectivity index (χ2v) is 12.3. The summed E-state index contributed by atoms with van der Waals surface area (Å²) in [6.45, 7) is 7.67. The van der Waals surface area contributed by atoms with Gasteiger partial charge in [-0.25, -0.2) is 13.2 Å². The lowest BCUT2D eigenvalue weighted by atomic mass is 9.68. The summed E-state index contributed by atoms with van der Waals surface area (Å²) in [5.74, 6) is 0.969. The van der Waals surface area contributed by atoms with Crippen LogP contribution in [0.4, 0.5) is 13.2 Å². The predicted octanol–water partition coefficient (Wildman–Crippen LogP) is 11.6. The van der Waals surface area contributed by atoms with Crippen molar-refractivity contribution in [2.24, 2.45) is 17.8 Å². The van der Waals surface area contributed by atoms with Crippen LogP contribution in [0, 0.1) is 35.2 Å². The van der Waals surface area contributed by atoms with E-state index in [4.69, 9.17) is 0 Å². The van der Waals surface area contributed by atoms with E-state index in [0.717, 1.165) is 55.1 Å². The zero-order valence-electron chi connectivity index (χ0n) is 24.2. The smallest absolute Gasteiger partial charge is 0.166 e. The van der Waals surface area contributed by atoms with Crippen LogP contribution in [0.25, 0.3) is 22.3 Å². The van der Waals surface area contributed by atoms with Gasteiger partial charge in [-0.15, -0.1) is 13.2 Å². The molecular formula is C38H43F3. The Bertz CT molecular complexity index is 1320. The number of aryl methyl sites for hydroxylation is 1. The highest BCUT2D eigenvalue weighted by atomic mass is 19.2. The van der Waals surface area contributed by atoms with Crippen LogP contribution in [-0.2, 0) is 6.42 Å². The first kappa shape index (κ1) is 29.4. The third-order valence-electron chi connectivity index (χ3n) is 9.83. The summed E-state index contributed by atoms with van der Waals surface area (Å²) in [6, 6.07) is 16.1. The van der Waals surface area contributed by atoms with Gasteiger partial charge in [0.2, 0.25) is 0 Å². The van der Waals surface area contributed by atoms with E-state index in [2.05, 4.69) is 25.3 Å². The molecule has 41 heavy (non-hydrogen) atoms. The van der Waals surface area contributed by atoms with E-state index in [9.17, 15) is 8.78 Å². The molecule has 216 valence electrons. The van der Waals surface area contributed by atoms with Crippen molar-refractivity contribution in [3.8, 4) is 22.3 Å². The Morgan fingerprint density at radius 2 is 1.27 bits per heavy atom. The zero-order valence-corrected chi connectivity index (χ0v) is 24.2. The predicted molar refractivity (Wildman–Crippen MR) is 165 cm³/mol. The van der Waals surface area contributed by atoms with Gasteiger partial charge in [-0.3, -0.25) is 0 Å². The minimum Gasteiger partial charge on any atom is -0.206 e. The maximum absolute atomic E-state index is 15.3. The van der Waals surface area contributed by atoms with Crippen molar-refractivity contribution in [3.63, 3.8) is 0 Å². The third kappa shape index (κ3) is 6.88. The molecule has 0 aliphatic heterocycles. The molecule has 0 spiro atoms. The molecule has 3 aromatic rings. The van der Waals surface area contributed by atoms with Crippen molar-refractivity contribution in [2.45, 2.75) is 83.0 Å². The van der Waals surface area contributed by atoms with Gasteiger partial charge in [-0.1, -0.05) is 60.7 Å². The van der Waals surface area contributed by atoms with Crippen LogP contribution in [0.2, 0.25) is 0 Å². The van der Waals surface area contributed by atoms with E-state index in [1.165, 1.54) is 38.5 Å². The molecule has 0 aromatic heterocycles. The van der Waals surface area contributed by atoms with Crippen LogP contribution in [0.15, 0.2) is 79.9 Å². The second kappa shape index (κ2) is 13.7. The summed E-state index contributed by atoms with van der Waals surface area (Å²) in [5, 5.41) is 0. The molecule has 0 bridgehead atoms. The Balaban J connectivity index is 1.21. The molecule has 5 rings (SSSR count). The maximum atomic E-state index is 15.3. The Labute approximate surface area is 244 Å². The zero-order chi connectivity index (χ0) is 28.8. The Morgan fingerprint density at radius 1 is 0.659 bits per heavy atom. The fraction of sp³-hybridized carbons (Fsp3) is 0.421. The normalized spacial score (nSPS) is 22.8. The van der Waals surface area contributed by atoms with E-state index < -0.39 is 11.6 Å². The summed E-state index contributed by atoms with van der Waals surface area (Å²) in [5.41, 5.74) is 3.57. The van der Waals surface area contributed by atoms with Crippen LogP contribution in [0.5, 0.6) is 0 Å². The first-order valence-corrected chi connectivity index (χ1v) is 15.6. The average Bonchev–Trinajstić information content (AvgIpc) is 3.01. The summed E-state index contributed by atoms with van der Waals surface area (Å²) in [6.07, 6.45) is 17.0. The molecule has 2 saturated carbocycles. The first-order valence-electron chi connectivity index (χ1n) is 15.6. The summed E-state index contributed by atoms with van der Waals surface area (Å²) in [7, 11) is 0. The molecule has 0 unspecified atom stereocenters. The van der Waals surface area contributed by atoms with Gasteiger partial charge in [-0.05, 0) is 129 Å². The molecule has 0 heterocycles. The van der Waals surface area contributed by atoms with Crippen LogP contribution in [-0.4, -0.2) is 0 Å². The van der Waals surface area contributed by atoms with Crippen molar-refractivity contribution in [3.05, 3.63) is 108 Å². The number of hydrogen-bond donors (Lipinski definition) is 0. The van der Waals surface area contributed by atoms with Crippen LogP contribution in [0.1, 0.15) is 87.7 Å². The van der Waals surface area contributed by atoms with E-state index in [1.807, 2.05) is 12.1 Å². The standard InChI is InChI=1S/C38H43F3/c1-3-5-6-7-8-32-21-24-35(38(41)37(32)40)31-19-17-30(18-20-31)34-23-22-33(25-36(34)39)29-15-13-28(14-16-29)27-11-9-26(4-2)10-12-27/h3-4,17-29H,1-2,5-16H2. The van der Waals surface area contributed by atoms with E-state index in [1.54, 1.807) is 42.5 Å². The molecule has 0 amide bonds. The summed E-state index contributed by atoms with van der Waals surface area (Å²) >= 11 is 0. The highest BCUT2D eigenvalue weighted by molar-refractivity contribution is 5.71. The van der Waals surface area contributed by atoms with E-state index >= 15 is 4.39 Å². The van der Waals surface area contributed by atoms with Crippen molar-refractivity contribution in [1.82, 2.24) is 0 Å². The minimum atomic E-state index is -0.825. The quantitative estimate of drug-likeness (QED) is 0.172. The molecule has 0 nitrogen and oxygen atoms in total. The van der Waals surface area contributed by atoms with Gasteiger partial charge in [-0.2, -0.15) is 0 Å². The van der Waals surface area contributed by atoms with Gasteiger partial charge in [0, 0.05) is 11.1 Å². The highest BCUT2D eigenvalue weighted by Crippen LogP contribution is 2.44. The molecule has 3 heteroatoms. The number of hydrogen-bond acceptors (Lipinski definition) is 0. The maximum Gasteiger partial charge on any atom is 0.166 e. The van der Waals surface area contributed by atoms with Crippen molar-refractivity contribution in [2.75, 3.05) is 0 Å². The van der Waals surface area contributed by atoms with E-state index in [-0.39, 0.29) is 11.4 Å². The monoisotopic (exact) mass is 556 g/mol. The number of rotatable bonds is 10. The van der Waals surface area contributed by atoms with Crippen molar-refractivity contribution >= 4 is 0 Å². The van der Waals surface area contributed by atoms with Gasteiger partial charge >= 0.3 is 0 Å². The molecule has 2 aliphatic carbocycles. The molecular weight excluding hydrogens is 513 g/mol. The number of unbranched alkanes of at least 4 members (excludes halogenated alkanes) is 2. The van der Waals surface area contributed by atoms with Gasteiger partial charge in [0.05, 0.1) is 0 Å². The molecule has 0 atom stereocenters. The lowest BCUT2D eigenvalue weighted by Gasteiger charge is -2.37. The summed E-state index contributed by atoms with van der Waals surface area (Å²) < 4.78 is 45.0. The van der Waals surface area contributed by atoms with Crippen LogP contribution >= 0.6 is 0 Å². The third-order valence-corrected chi connectivity index (χ3v) is 9.83. The number of benzene rings is 3. The van der Waals surface area contributed by atoms with Crippen molar-refractivity contribution < 1.29 is 13.2 Å². The fourth-order valence-corrected chi connectivity index (χ4v) is 7.23. The molecule has 0 N–H and O–H groups in total. The SMILES string of the molecule is C=CCCCCc1ccc(-c2ccc(-c3ccc(C4CCC(C5CCC(C=C)CC5)CC4)cc3F)cc2)c(F)c1F. The first-order chi connectivity index (χ1) is 20.0. The van der Waals surface area contributed by atoms with Gasteiger partial charge in [0.15, 0.2) is 11.6 Å². The van der Waals surface area contributed by atoms with Crippen LogP contribution < -0.4 is 0 Å². The molecule has 2 fully saturated rings. The highest BCUT2D eigenvalue weighted by Gasteiger charge is 2.31. The molecule has 3 aromatic carbocycles. The van der Waals surface area contributed by atoms with Crippen molar-refractivity contribution in [1.29, 1.82) is 0 Å². The average molecular weight is 557 g/mol. The second-order valence-electron chi connectivity index (χ2n) is 12.3. The largest absolute Gasteiger partial charge is 0.206 e. The lowest BCUT2D eigenvalue weighted by molar-refractivity contribution is 0.171. The van der Waals surface area contributed by atoms with Gasteiger partial charge in [0.25, 0.3) is 0 Å². The number of allylic oxidation sites excluding steroid dienone is 2. The lowest BCUT2D eigenvalue weighted by Crippen LogP contribution is -2.25. The Hall–Kier alpha value is -3.07. The Morgan fingerprint density at radius 3 is 1.88 bits per heavy atom. The van der Waals surface area contributed by atoms with Crippen LogP contribution in [0.3, 0.4) is 0 Å². The van der Waals surface area contributed by atoms with Gasteiger partial charge < -0.3 is 0 Å². The number of halogens is 3.